The molecule has 1 aromatic heterocycles. The van der Waals surface area contributed by atoms with Crippen LogP contribution in [0.5, 0.6) is 0 Å². The van der Waals surface area contributed by atoms with Gasteiger partial charge in [0.05, 0.1) is 22.3 Å². The van der Waals surface area contributed by atoms with Crippen molar-refractivity contribution in [2.24, 2.45) is 0 Å². The molecule has 0 saturated carbocycles. The monoisotopic (exact) mass is 388 g/mol. The van der Waals surface area contributed by atoms with E-state index < -0.39 is 10.0 Å². The summed E-state index contributed by atoms with van der Waals surface area (Å²) < 4.78 is 27.4. The standard InChI is InChI=1S/C19H24N4O3S/c24-19(22-10-4-5-11-22)17-13-20-21-18(17)15-7-6-12-23(14-15)27(25,26)16-8-2-1-3-9-16/h1-3,8-9,13,15H,4-7,10-12,14H2,(H,20,21)/t15-/m0/s1. The Labute approximate surface area is 159 Å². The van der Waals surface area contributed by atoms with E-state index in [1.807, 2.05) is 4.90 Å². The molecule has 0 radical (unpaired) electrons. The second kappa shape index (κ2) is 7.44. The molecule has 1 N–H and O–H groups in total. The van der Waals surface area contributed by atoms with E-state index in [2.05, 4.69) is 10.2 Å². The van der Waals surface area contributed by atoms with Gasteiger partial charge >= 0.3 is 0 Å². The molecule has 2 saturated heterocycles. The summed E-state index contributed by atoms with van der Waals surface area (Å²) in [5.41, 5.74) is 1.35. The number of aromatic nitrogens is 2. The van der Waals surface area contributed by atoms with Gasteiger partial charge in [0.2, 0.25) is 10.0 Å². The second-order valence-electron chi connectivity index (χ2n) is 7.21. The van der Waals surface area contributed by atoms with Gasteiger partial charge in [0, 0.05) is 32.1 Å². The number of likely N-dealkylation sites (tertiary alicyclic amines) is 1. The average Bonchev–Trinajstić information content (AvgIpc) is 3.40. The highest BCUT2D eigenvalue weighted by Gasteiger charge is 2.34. The number of benzene rings is 1. The van der Waals surface area contributed by atoms with Crippen molar-refractivity contribution in [1.82, 2.24) is 19.4 Å². The maximum Gasteiger partial charge on any atom is 0.257 e. The predicted octanol–water partition coefficient (Wildman–Crippen LogP) is 2.21. The summed E-state index contributed by atoms with van der Waals surface area (Å²) in [5.74, 6) is -0.0550. The molecule has 2 fully saturated rings. The number of carbonyl (C=O) groups excluding carboxylic acids is 1. The number of piperidine rings is 1. The molecule has 2 aliphatic heterocycles. The molecule has 2 aliphatic rings. The van der Waals surface area contributed by atoms with Crippen LogP contribution >= 0.6 is 0 Å². The summed E-state index contributed by atoms with van der Waals surface area (Å²) in [6.07, 6.45) is 5.24. The number of amides is 1. The minimum atomic E-state index is -3.53. The van der Waals surface area contributed by atoms with Crippen molar-refractivity contribution in [3.8, 4) is 0 Å². The Kier molecular flexibility index (Phi) is 5.01. The van der Waals surface area contributed by atoms with E-state index in [1.165, 1.54) is 4.31 Å². The Morgan fingerprint density at radius 2 is 1.81 bits per heavy atom. The van der Waals surface area contributed by atoms with Gasteiger partial charge in [-0.2, -0.15) is 9.40 Å². The van der Waals surface area contributed by atoms with Crippen LogP contribution in [0.4, 0.5) is 0 Å². The third kappa shape index (κ3) is 3.51. The lowest BCUT2D eigenvalue weighted by atomic mass is 9.93. The molecule has 0 spiro atoms. The largest absolute Gasteiger partial charge is 0.339 e. The molecule has 27 heavy (non-hydrogen) atoms. The van der Waals surface area contributed by atoms with Crippen LogP contribution in [0.25, 0.3) is 0 Å². The number of nitrogens with zero attached hydrogens (tertiary/aromatic N) is 3. The van der Waals surface area contributed by atoms with E-state index in [1.54, 1.807) is 36.5 Å². The quantitative estimate of drug-likeness (QED) is 0.870. The van der Waals surface area contributed by atoms with E-state index >= 15 is 0 Å². The van der Waals surface area contributed by atoms with E-state index in [0.717, 1.165) is 44.5 Å². The zero-order valence-electron chi connectivity index (χ0n) is 15.2. The summed E-state index contributed by atoms with van der Waals surface area (Å²) in [7, 11) is -3.53. The van der Waals surface area contributed by atoms with Gasteiger partial charge in [-0.15, -0.1) is 0 Å². The summed E-state index contributed by atoms with van der Waals surface area (Å²) in [6.45, 7) is 2.42. The summed E-state index contributed by atoms with van der Waals surface area (Å²) in [4.78, 5) is 15.0. The zero-order chi connectivity index (χ0) is 18.9. The van der Waals surface area contributed by atoms with Crippen LogP contribution < -0.4 is 0 Å². The van der Waals surface area contributed by atoms with Crippen molar-refractivity contribution in [1.29, 1.82) is 0 Å². The number of hydrogen-bond donors (Lipinski definition) is 1. The number of sulfonamides is 1. The highest BCUT2D eigenvalue weighted by molar-refractivity contribution is 7.89. The molecule has 7 nitrogen and oxygen atoms in total. The third-order valence-electron chi connectivity index (χ3n) is 5.47. The lowest BCUT2D eigenvalue weighted by Crippen LogP contribution is -2.39. The number of carbonyl (C=O) groups is 1. The molecule has 3 heterocycles. The number of H-pyrrole nitrogens is 1. The van der Waals surface area contributed by atoms with Crippen LogP contribution in [0.1, 0.15) is 47.7 Å². The normalized spacial score (nSPS) is 21.5. The van der Waals surface area contributed by atoms with Crippen molar-refractivity contribution in [2.45, 2.75) is 36.5 Å². The van der Waals surface area contributed by atoms with Crippen LogP contribution in [-0.2, 0) is 10.0 Å². The number of aromatic amines is 1. The molecule has 2 aromatic rings. The highest BCUT2D eigenvalue weighted by atomic mass is 32.2. The fraction of sp³-hybridized carbons (Fsp3) is 0.474. The third-order valence-corrected chi connectivity index (χ3v) is 7.35. The van der Waals surface area contributed by atoms with Crippen molar-refractivity contribution in [3.63, 3.8) is 0 Å². The molecular formula is C19H24N4O3S. The SMILES string of the molecule is O=C(c1cn[nH]c1[C@H]1CCCN(S(=O)(=O)c2ccccc2)C1)N1CCCC1. The van der Waals surface area contributed by atoms with Gasteiger partial charge in [0.1, 0.15) is 0 Å². The molecule has 1 aromatic carbocycles. The fourth-order valence-corrected chi connectivity index (χ4v) is 5.55. The van der Waals surface area contributed by atoms with E-state index in [-0.39, 0.29) is 11.8 Å². The van der Waals surface area contributed by atoms with Gasteiger partial charge in [0.15, 0.2) is 0 Å². The average molecular weight is 388 g/mol. The van der Waals surface area contributed by atoms with Crippen molar-refractivity contribution >= 4 is 15.9 Å². The first-order valence-corrected chi connectivity index (χ1v) is 10.9. The Balaban J connectivity index is 1.56. The Morgan fingerprint density at radius 3 is 2.56 bits per heavy atom. The van der Waals surface area contributed by atoms with E-state index in [4.69, 9.17) is 0 Å². The van der Waals surface area contributed by atoms with Gasteiger partial charge in [-0.25, -0.2) is 8.42 Å². The maximum absolute atomic E-state index is 13.0. The van der Waals surface area contributed by atoms with Gasteiger partial charge in [-0.1, -0.05) is 18.2 Å². The van der Waals surface area contributed by atoms with Gasteiger partial charge in [-0.05, 0) is 37.8 Å². The van der Waals surface area contributed by atoms with E-state index in [0.29, 0.717) is 23.5 Å². The summed E-state index contributed by atoms with van der Waals surface area (Å²) >= 11 is 0. The highest BCUT2D eigenvalue weighted by Crippen LogP contribution is 2.31. The van der Waals surface area contributed by atoms with Crippen molar-refractivity contribution in [3.05, 3.63) is 47.8 Å². The summed E-state index contributed by atoms with van der Waals surface area (Å²) in [6, 6.07) is 8.51. The Bertz CT molecular complexity index is 904. The Morgan fingerprint density at radius 1 is 1.07 bits per heavy atom. The number of rotatable bonds is 4. The topological polar surface area (TPSA) is 86.4 Å². The number of nitrogens with one attached hydrogen (secondary N) is 1. The first-order valence-electron chi connectivity index (χ1n) is 9.45. The Hall–Kier alpha value is -2.19. The van der Waals surface area contributed by atoms with Crippen LogP contribution in [0.15, 0.2) is 41.4 Å². The van der Waals surface area contributed by atoms with Crippen LogP contribution in [0.3, 0.4) is 0 Å². The van der Waals surface area contributed by atoms with Gasteiger partial charge < -0.3 is 4.90 Å². The fourth-order valence-electron chi connectivity index (χ4n) is 4.01. The first kappa shape index (κ1) is 18.2. The second-order valence-corrected chi connectivity index (χ2v) is 9.15. The van der Waals surface area contributed by atoms with Crippen molar-refractivity contribution < 1.29 is 13.2 Å². The molecule has 0 unspecified atom stereocenters. The molecule has 0 aliphatic carbocycles. The summed E-state index contributed by atoms with van der Waals surface area (Å²) in [5, 5.41) is 7.07. The first-order chi connectivity index (χ1) is 13.1. The number of hydrogen-bond acceptors (Lipinski definition) is 4. The van der Waals surface area contributed by atoms with Crippen LogP contribution in [0.2, 0.25) is 0 Å². The molecule has 8 heteroatoms. The van der Waals surface area contributed by atoms with Crippen LogP contribution in [0, 0.1) is 0 Å². The molecule has 144 valence electrons. The lowest BCUT2D eigenvalue weighted by Gasteiger charge is -2.32. The molecule has 1 amide bonds. The van der Waals surface area contributed by atoms with Gasteiger partial charge in [-0.3, -0.25) is 9.89 Å². The zero-order valence-corrected chi connectivity index (χ0v) is 16.0. The lowest BCUT2D eigenvalue weighted by molar-refractivity contribution is 0.0791. The van der Waals surface area contributed by atoms with Crippen LogP contribution in [-0.4, -0.2) is 59.9 Å². The predicted molar refractivity (Wildman–Crippen MR) is 101 cm³/mol. The minimum Gasteiger partial charge on any atom is -0.339 e. The molecule has 1 atom stereocenters. The molecule has 4 rings (SSSR count). The maximum atomic E-state index is 13.0. The molecule has 0 bridgehead atoms. The van der Waals surface area contributed by atoms with Crippen molar-refractivity contribution in [2.75, 3.05) is 26.2 Å². The van der Waals surface area contributed by atoms with E-state index in [9.17, 15) is 13.2 Å². The molecular weight excluding hydrogens is 364 g/mol. The smallest absolute Gasteiger partial charge is 0.257 e. The minimum absolute atomic E-state index is 0.000657. The van der Waals surface area contributed by atoms with Gasteiger partial charge in [0.25, 0.3) is 5.91 Å².